The lowest BCUT2D eigenvalue weighted by molar-refractivity contribution is 0.854. The van der Waals surface area contributed by atoms with Crippen molar-refractivity contribution in [3.63, 3.8) is 0 Å². The van der Waals surface area contributed by atoms with E-state index in [1.54, 1.807) is 12.5 Å². The van der Waals surface area contributed by atoms with Crippen LogP contribution in [0.25, 0.3) is 5.65 Å². The van der Waals surface area contributed by atoms with E-state index in [9.17, 15) is 0 Å². The first-order valence-corrected chi connectivity index (χ1v) is 4.27. The van der Waals surface area contributed by atoms with Gasteiger partial charge in [-0.25, -0.2) is 9.97 Å². The lowest BCUT2D eigenvalue weighted by atomic mass is 10.1. The van der Waals surface area contributed by atoms with Gasteiger partial charge in [0, 0.05) is 18.0 Å². The highest BCUT2D eigenvalue weighted by molar-refractivity contribution is 5.59. The van der Waals surface area contributed by atoms with E-state index in [0.717, 1.165) is 11.2 Å². The molecule has 0 spiro atoms. The van der Waals surface area contributed by atoms with Crippen LogP contribution in [-0.2, 0) is 0 Å². The fourth-order valence-corrected chi connectivity index (χ4v) is 1.48. The van der Waals surface area contributed by atoms with Crippen molar-refractivity contribution >= 4 is 11.5 Å². The van der Waals surface area contributed by atoms with Crippen LogP contribution in [0.3, 0.4) is 0 Å². The zero-order valence-electron chi connectivity index (χ0n) is 7.73. The van der Waals surface area contributed by atoms with Crippen molar-refractivity contribution < 1.29 is 0 Å². The van der Waals surface area contributed by atoms with Crippen LogP contribution in [0.5, 0.6) is 0 Å². The molecule has 13 heavy (non-hydrogen) atoms. The Kier molecular flexibility index (Phi) is 1.69. The highest BCUT2D eigenvalue weighted by Gasteiger charge is 2.11. The SMILES string of the molecule is CC(C)c1c(N)ncn2ccnc12. The Hall–Kier alpha value is -1.58. The average molecular weight is 176 g/mol. The quantitative estimate of drug-likeness (QED) is 0.715. The van der Waals surface area contributed by atoms with E-state index >= 15 is 0 Å². The minimum atomic E-state index is 0.346. The van der Waals surface area contributed by atoms with Crippen LogP contribution in [-0.4, -0.2) is 14.4 Å². The molecule has 2 N–H and O–H groups in total. The predicted molar refractivity (Wildman–Crippen MR) is 51.5 cm³/mol. The first kappa shape index (κ1) is 8.04. The molecule has 2 aromatic rings. The van der Waals surface area contributed by atoms with Crippen molar-refractivity contribution in [2.24, 2.45) is 0 Å². The third-order valence-electron chi connectivity index (χ3n) is 2.08. The summed E-state index contributed by atoms with van der Waals surface area (Å²) in [4.78, 5) is 8.35. The lowest BCUT2D eigenvalue weighted by Gasteiger charge is -2.08. The molecule has 0 bridgehead atoms. The Morgan fingerprint density at radius 2 is 2.15 bits per heavy atom. The van der Waals surface area contributed by atoms with E-state index in [2.05, 4.69) is 23.8 Å². The van der Waals surface area contributed by atoms with E-state index < -0.39 is 0 Å². The molecule has 4 nitrogen and oxygen atoms in total. The number of hydrogen-bond donors (Lipinski definition) is 1. The van der Waals surface area contributed by atoms with Crippen LogP contribution in [0.15, 0.2) is 18.7 Å². The number of rotatable bonds is 1. The normalized spacial score (nSPS) is 11.3. The standard InChI is InChI=1S/C9H12N4/c1-6(2)7-8(10)12-5-13-4-3-11-9(7)13/h3-6H,10H2,1-2H3. The second-order valence-electron chi connectivity index (χ2n) is 3.36. The van der Waals surface area contributed by atoms with Gasteiger partial charge in [0.2, 0.25) is 0 Å². The Labute approximate surface area is 76.4 Å². The molecule has 2 aromatic heterocycles. The van der Waals surface area contributed by atoms with Gasteiger partial charge in [0.25, 0.3) is 0 Å². The molecule has 0 radical (unpaired) electrons. The van der Waals surface area contributed by atoms with E-state index in [0.29, 0.717) is 11.7 Å². The summed E-state index contributed by atoms with van der Waals surface area (Å²) in [5.74, 6) is 0.923. The van der Waals surface area contributed by atoms with Crippen molar-refractivity contribution in [1.29, 1.82) is 0 Å². The van der Waals surface area contributed by atoms with E-state index in [-0.39, 0.29) is 0 Å². The van der Waals surface area contributed by atoms with Gasteiger partial charge in [0.05, 0.1) is 0 Å². The number of nitrogens with two attached hydrogens (primary N) is 1. The molecule has 0 amide bonds. The summed E-state index contributed by atoms with van der Waals surface area (Å²) in [5, 5.41) is 0. The van der Waals surface area contributed by atoms with Gasteiger partial charge in [-0.1, -0.05) is 13.8 Å². The van der Waals surface area contributed by atoms with Crippen molar-refractivity contribution in [3.8, 4) is 0 Å². The number of nitrogens with zero attached hydrogens (tertiary/aromatic N) is 3. The first-order chi connectivity index (χ1) is 6.20. The average Bonchev–Trinajstić information content (AvgIpc) is 2.50. The minimum Gasteiger partial charge on any atom is -0.383 e. The van der Waals surface area contributed by atoms with Gasteiger partial charge in [-0.15, -0.1) is 0 Å². The van der Waals surface area contributed by atoms with Crippen molar-refractivity contribution in [3.05, 3.63) is 24.3 Å². The summed E-state index contributed by atoms with van der Waals surface area (Å²) in [5.41, 5.74) is 7.71. The van der Waals surface area contributed by atoms with Crippen LogP contribution in [0, 0.1) is 0 Å². The topological polar surface area (TPSA) is 56.2 Å². The summed E-state index contributed by atoms with van der Waals surface area (Å²) >= 11 is 0. The highest BCUT2D eigenvalue weighted by atomic mass is 15.1. The molecule has 0 saturated carbocycles. The first-order valence-electron chi connectivity index (χ1n) is 4.27. The van der Waals surface area contributed by atoms with Crippen molar-refractivity contribution in [1.82, 2.24) is 14.4 Å². The molecule has 0 aliphatic carbocycles. The summed E-state index contributed by atoms with van der Waals surface area (Å²) in [7, 11) is 0. The zero-order chi connectivity index (χ0) is 9.42. The smallest absolute Gasteiger partial charge is 0.145 e. The molecule has 2 rings (SSSR count). The molecule has 68 valence electrons. The lowest BCUT2D eigenvalue weighted by Crippen LogP contribution is -2.03. The number of hydrogen-bond acceptors (Lipinski definition) is 3. The molecule has 0 aliphatic rings. The number of anilines is 1. The van der Waals surface area contributed by atoms with Crippen molar-refractivity contribution in [2.45, 2.75) is 19.8 Å². The maximum atomic E-state index is 5.78. The van der Waals surface area contributed by atoms with E-state index in [1.807, 2.05) is 10.6 Å². The number of nitrogen functional groups attached to an aromatic ring is 1. The summed E-state index contributed by atoms with van der Waals surface area (Å²) < 4.78 is 1.88. The maximum absolute atomic E-state index is 5.78. The number of imidazole rings is 1. The summed E-state index contributed by atoms with van der Waals surface area (Å²) in [6, 6.07) is 0. The molecular formula is C9H12N4. The molecule has 0 saturated heterocycles. The summed E-state index contributed by atoms with van der Waals surface area (Å²) in [6.07, 6.45) is 5.31. The van der Waals surface area contributed by atoms with Gasteiger partial charge in [-0.05, 0) is 5.92 Å². The Morgan fingerprint density at radius 3 is 2.85 bits per heavy atom. The molecule has 0 aliphatic heterocycles. The van der Waals surface area contributed by atoms with Gasteiger partial charge < -0.3 is 5.73 Å². The molecule has 4 heteroatoms. The fraction of sp³-hybridized carbons (Fsp3) is 0.333. The van der Waals surface area contributed by atoms with Gasteiger partial charge in [-0.3, -0.25) is 4.40 Å². The molecule has 0 atom stereocenters. The molecular weight excluding hydrogens is 164 g/mol. The minimum absolute atomic E-state index is 0.346. The molecule has 0 fully saturated rings. The van der Waals surface area contributed by atoms with Crippen LogP contribution >= 0.6 is 0 Å². The molecule has 0 aromatic carbocycles. The Morgan fingerprint density at radius 1 is 1.38 bits per heavy atom. The van der Waals surface area contributed by atoms with Crippen LogP contribution < -0.4 is 5.73 Å². The monoisotopic (exact) mass is 176 g/mol. The molecule has 0 unspecified atom stereocenters. The predicted octanol–water partition coefficient (Wildman–Crippen LogP) is 1.43. The molecule has 2 heterocycles. The van der Waals surface area contributed by atoms with E-state index in [4.69, 9.17) is 5.73 Å². The largest absolute Gasteiger partial charge is 0.383 e. The Balaban J connectivity index is 2.80. The zero-order valence-corrected chi connectivity index (χ0v) is 7.73. The summed E-state index contributed by atoms with van der Waals surface area (Å²) in [6.45, 7) is 4.17. The van der Waals surface area contributed by atoms with Crippen LogP contribution in [0.1, 0.15) is 25.3 Å². The van der Waals surface area contributed by atoms with Crippen LogP contribution in [0.2, 0.25) is 0 Å². The van der Waals surface area contributed by atoms with Gasteiger partial charge in [0.15, 0.2) is 0 Å². The fourth-order valence-electron chi connectivity index (χ4n) is 1.48. The number of fused-ring (bicyclic) bond motifs is 1. The van der Waals surface area contributed by atoms with Gasteiger partial charge >= 0.3 is 0 Å². The highest BCUT2D eigenvalue weighted by Crippen LogP contribution is 2.23. The Bertz CT molecular complexity index is 430. The second kappa shape index (κ2) is 2.73. The third kappa shape index (κ3) is 1.14. The van der Waals surface area contributed by atoms with Crippen molar-refractivity contribution in [2.75, 3.05) is 5.73 Å². The van der Waals surface area contributed by atoms with Crippen LogP contribution in [0.4, 0.5) is 5.82 Å². The second-order valence-corrected chi connectivity index (χ2v) is 3.36. The maximum Gasteiger partial charge on any atom is 0.145 e. The van der Waals surface area contributed by atoms with Gasteiger partial charge in [-0.2, -0.15) is 0 Å². The number of aromatic nitrogens is 3. The third-order valence-corrected chi connectivity index (χ3v) is 2.08. The van der Waals surface area contributed by atoms with Gasteiger partial charge in [0.1, 0.15) is 17.8 Å². The van der Waals surface area contributed by atoms with E-state index in [1.165, 1.54) is 0 Å².